The lowest BCUT2D eigenvalue weighted by atomic mass is 10.2. The predicted octanol–water partition coefficient (Wildman–Crippen LogP) is 3.23. The number of hydrogen-bond donors (Lipinski definition) is 0. The molecule has 1 aromatic heterocycles. The minimum absolute atomic E-state index is 0.237. The highest BCUT2D eigenvalue weighted by molar-refractivity contribution is 5.89. The van der Waals surface area contributed by atoms with E-state index in [0.717, 1.165) is 16.6 Å². The zero-order valence-electron chi connectivity index (χ0n) is 15.6. The van der Waals surface area contributed by atoms with Gasteiger partial charge in [-0.2, -0.15) is 0 Å². The van der Waals surface area contributed by atoms with E-state index in [9.17, 15) is 9.59 Å². The van der Waals surface area contributed by atoms with E-state index in [1.807, 2.05) is 61.5 Å². The molecule has 0 bridgehead atoms. The fraction of sp³-hybridized carbons (Fsp3) is 0.182. The Morgan fingerprint density at radius 1 is 1.04 bits per heavy atom. The minimum atomic E-state index is -0.598. The van der Waals surface area contributed by atoms with Crippen molar-refractivity contribution >= 4 is 29.0 Å². The van der Waals surface area contributed by atoms with Gasteiger partial charge in [-0.25, -0.2) is 9.78 Å². The van der Waals surface area contributed by atoms with E-state index in [-0.39, 0.29) is 12.5 Å². The molecule has 0 radical (unpaired) electrons. The third-order valence-corrected chi connectivity index (χ3v) is 4.15. The monoisotopic (exact) mass is 375 g/mol. The summed E-state index contributed by atoms with van der Waals surface area (Å²) in [6, 6.07) is 17.2. The highest BCUT2D eigenvalue weighted by Gasteiger charge is 2.13. The average Bonchev–Trinajstić information content (AvgIpc) is 2.75. The normalized spacial score (nSPS) is 10.9. The van der Waals surface area contributed by atoms with Gasteiger partial charge in [0.1, 0.15) is 0 Å². The summed E-state index contributed by atoms with van der Waals surface area (Å²) < 4.78 is 5.07. The maximum Gasteiger partial charge on any atom is 0.331 e. The van der Waals surface area contributed by atoms with E-state index >= 15 is 0 Å². The summed E-state index contributed by atoms with van der Waals surface area (Å²) in [5, 5.41) is 0. The predicted molar refractivity (Wildman–Crippen MR) is 107 cm³/mol. The molecule has 0 aliphatic carbocycles. The summed E-state index contributed by atoms with van der Waals surface area (Å²) in [6.07, 6.45) is 4.35. The van der Waals surface area contributed by atoms with Crippen molar-refractivity contribution in [2.24, 2.45) is 0 Å². The second-order valence-corrected chi connectivity index (χ2v) is 6.12. The highest BCUT2D eigenvalue weighted by Crippen LogP contribution is 2.09. The third kappa shape index (κ3) is 5.23. The van der Waals surface area contributed by atoms with Crippen molar-refractivity contribution in [1.82, 2.24) is 14.9 Å². The zero-order valence-corrected chi connectivity index (χ0v) is 15.6. The van der Waals surface area contributed by atoms with Crippen LogP contribution in [0.3, 0.4) is 0 Å². The third-order valence-electron chi connectivity index (χ3n) is 4.15. The summed E-state index contributed by atoms with van der Waals surface area (Å²) in [5.41, 5.74) is 3.10. The van der Waals surface area contributed by atoms with Crippen LogP contribution in [0.15, 0.2) is 66.9 Å². The Morgan fingerprint density at radius 2 is 1.75 bits per heavy atom. The van der Waals surface area contributed by atoms with Gasteiger partial charge in [0.05, 0.1) is 22.9 Å². The van der Waals surface area contributed by atoms with Crippen LogP contribution >= 0.6 is 0 Å². The van der Waals surface area contributed by atoms with Gasteiger partial charge in [0.15, 0.2) is 6.61 Å². The van der Waals surface area contributed by atoms with Gasteiger partial charge < -0.3 is 9.64 Å². The largest absolute Gasteiger partial charge is 0.452 e. The lowest BCUT2D eigenvalue weighted by molar-refractivity contribution is -0.148. The van der Waals surface area contributed by atoms with Crippen molar-refractivity contribution in [2.75, 3.05) is 13.2 Å². The minimum Gasteiger partial charge on any atom is -0.452 e. The Hall–Kier alpha value is -3.54. The summed E-state index contributed by atoms with van der Waals surface area (Å²) in [4.78, 5) is 34.6. The van der Waals surface area contributed by atoms with Crippen molar-refractivity contribution in [1.29, 1.82) is 0 Å². The van der Waals surface area contributed by atoms with Crippen LogP contribution in [0.2, 0.25) is 0 Å². The van der Waals surface area contributed by atoms with E-state index in [0.29, 0.717) is 18.8 Å². The topological polar surface area (TPSA) is 72.4 Å². The van der Waals surface area contributed by atoms with E-state index < -0.39 is 5.97 Å². The van der Waals surface area contributed by atoms with E-state index in [4.69, 9.17) is 4.74 Å². The van der Waals surface area contributed by atoms with Gasteiger partial charge >= 0.3 is 5.97 Å². The zero-order chi connectivity index (χ0) is 19.8. The quantitative estimate of drug-likeness (QED) is 0.468. The average molecular weight is 375 g/mol. The molecule has 28 heavy (non-hydrogen) atoms. The van der Waals surface area contributed by atoms with Crippen LogP contribution in [0.5, 0.6) is 0 Å². The first-order valence-corrected chi connectivity index (χ1v) is 9.04. The van der Waals surface area contributed by atoms with Crippen molar-refractivity contribution in [2.45, 2.75) is 13.5 Å². The van der Waals surface area contributed by atoms with Crippen LogP contribution in [0.1, 0.15) is 18.2 Å². The molecule has 1 heterocycles. The van der Waals surface area contributed by atoms with Gasteiger partial charge in [-0.1, -0.05) is 42.5 Å². The number of amides is 1. The molecule has 1 amide bonds. The Bertz CT molecular complexity index is 986. The fourth-order valence-electron chi connectivity index (χ4n) is 2.66. The molecule has 6 heteroatoms. The first kappa shape index (κ1) is 19.2. The SMILES string of the molecule is CCN(Cc1ccccc1)C(=O)COC(=O)/C=C/c1cnc2ccccc2n1. The number of benzene rings is 2. The smallest absolute Gasteiger partial charge is 0.331 e. The maximum atomic E-state index is 12.3. The van der Waals surface area contributed by atoms with Crippen molar-refractivity contribution < 1.29 is 14.3 Å². The standard InChI is InChI=1S/C22H21N3O3/c1-2-25(15-17-8-4-3-5-9-17)21(26)16-28-22(27)13-12-18-14-23-19-10-6-7-11-20(19)24-18/h3-14H,2,15-16H2,1H3/b13-12+. The van der Waals surface area contributed by atoms with Crippen molar-refractivity contribution in [3.05, 3.63) is 78.1 Å². The van der Waals surface area contributed by atoms with E-state index in [1.54, 1.807) is 11.1 Å². The number of esters is 1. The van der Waals surface area contributed by atoms with Crippen LogP contribution in [0.25, 0.3) is 17.1 Å². The molecule has 0 fully saturated rings. The molecule has 3 aromatic rings. The second kappa shape index (κ2) is 9.41. The Labute approximate surface area is 163 Å². The molecule has 142 valence electrons. The van der Waals surface area contributed by atoms with Gasteiger partial charge in [-0.15, -0.1) is 0 Å². The summed E-state index contributed by atoms with van der Waals surface area (Å²) >= 11 is 0. The van der Waals surface area contributed by atoms with Gasteiger partial charge in [-0.05, 0) is 30.7 Å². The molecule has 0 spiro atoms. The highest BCUT2D eigenvalue weighted by atomic mass is 16.5. The first-order chi connectivity index (χ1) is 13.7. The number of ether oxygens (including phenoxy) is 1. The molecule has 0 atom stereocenters. The number of carbonyl (C=O) groups is 2. The van der Waals surface area contributed by atoms with Gasteiger partial charge in [0.25, 0.3) is 5.91 Å². The molecule has 2 aromatic carbocycles. The number of rotatable bonds is 7. The van der Waals surface area contributed by atoms with Gasteiger partial charge in [0, 0.05) is 19.2 Å². The molecule has 3 rings (SSSR count). The number of para-hydroxylation sites is 2. The summed E-state index contributed by atoms with van der Waals surface area (Å²) in [5.74, 6) is -0.835. The molecular weight excluding hydrogens is 354 g/mol. The number of nitrogens with zero attached hydrogens (tertiary/aromatic N) is 3. The number of carbonyl (C=O) groups excluding carboxylic acids is 2. The van der Waals surface area contributed by atoms with E-state index in [1.165, 1.54) is 12.2 Å². The first-order valence-electron chi connectivity index (χ1n) is 9.04. The molecule has 0 saturated carbocycles. The van der Waals surface area contributed by atoms with Gasteiger partial charge in [-0.3, -0.25) is 9.78 Å². The summed E-state index contributed by atoms with van der Waals surface area (Å²) in [7, 11) is 0. The maximum absolute atomic E-state index is 12.3. The van der Waals surface area contributed by atoms with E-state index in [2.05, 4.69) is 9.97 Å². The van der Waals surface area contributed by atoms with Gasteiger partial charge in [0.2, 0.25) is 0 Å². The van der Waals surface area contributed by atoms with Crippen molar-refractivity contribution in [3.8, 4) is 0 Å². The second-order valence-electron chi connectivity index (χ2n) is 6.12. The Morgan fingerprint density at radius 3 is 2.50 bits per heavy atom. The molecule has 6 nitrogen and oxygen atoms in total. The Kier molecular flexibility index (Phi) is 6.46. The van der Waals surface area contributed by atoms with Crippen LogP contribution in [0, 0.1) is 0 Å². The van der Waals surface area contributed by atoms with Crippen LogP contribution in [-0.2, 0) is 20.9 Å². The number of aromatic nitrogens is 2. The van der Waals surface area contributed by atoms with Crippen LogP contribution in [0.4, 0.5) is 0 Å². The molecule has 0 aliphatic heterocycles. The molecular formula is C22H21N3O3. The molecule has 0 saturated heterocycles. The molecule has 0 N–H and O–H groups in total. The number of likely N-dealkylation sites (N-methyl/N-ethyl adjacent to an activating group) is 1. The fourth-order valence-corrected chi connectivity index (χ4v) is 2.66. The number of hydrogen-bond acceptors (Lipinski definition) is 5. The summed E-state index contributed by atoms with van der Waals surface area (Å²) in [6.45, 7) is 2.61. The molecule has 0 aliphatic rings. The lowest BCUT2D eigenvalue weighted by Gasteiger charge is -2.20. The van der Waals surface area contributed by atoms with Crippen molar-refractivity contribution in [3.63, 3.8) is 0 Å². The number of fused-ring (bicyclic) bond motifs is 1. The lowest BCUT2D eigenvalue weighted by Crippen LogP contribution is -2.33. The van der Waals surface area contributed by atoms with Crippen LogP contribution in [-0.4, -0.2) is 39.9 Å². The Balaban J connectivity index is 1.53. The molecule has 0 unspecified atom stereocenters. The van der Waals surface area contributed by atoms with Crippen LogP contribution < -0.4 is 0 Å².